The minimum Gasteiger partial charge on any atom is -0.494 e. The van der Waals surface area contributed by atoms with Gasteiger partial charge in [0.25, 0.3) is 5.91 Å². The molecule has 1 saturated heterocycles. The average molecular weight is 504 g/mol. The molecule has 3 heterocycles. The summed E-state index contributed by atoms with van der Waals surface area (Å²) < 4.78 is 5.61. The molecule has 0 unspecified atom stereocenters. The van der Waals surface area contributed by atoms with Gasteiger partial charge in [-0.3, -0.25) is 14.6 Å². The summed E-state index contributed by atoms with van der Waals surface area (Å²) in [5.74, 6) is 1.43. The van der Waals surface area contributed by atoms with Gasteiger partial charge in [0, 0.05) is 46.9 Å². The van der Waals surface area contributed by atoms with Crippen LogP contribution in [0.2, 0.25) is 0 Å². The minimum absolute atomic E-state index is 0.0255. The molecule has 2 fully saturated rings. The van der Waals surface area contributed by atoms with Crippen molar-refractivity contribution in [1.82, 2.24) is 14.9 Å². The van der Waals surface area contributed by atoms with E-state index in [1.54, 1.807) is 18.4 Å². The maximum atomic E-state index is 13.6. The quantitative estimate of drug-likeness (QED) is 0.443. The molecular formula is C29H33N3O3S. The van der Waals surface area contributed by atoms with Gasteiger partial charge in [-0.2, -0.15) is 0 Å². The summed E-state index contributed by atoms with van der Waals surface area (Å²) in [6, 6.07) is 5.95. The number of fused-ring (bicyclic) bond motifs is 2. The maximum absolute atomic E-state index is 13.6. The molecule has 2 aromatic heterocycles. The zero-order valence-electron chi connectivity index (χ0n) is 21.5. The van der Waals surface area contributed by atoms with Gasteiger partial charge in [-0.15, -0.1) is 11.3 Å². The first-order chi connectivity index (χ1) is 17.2. The van der Waals surface area contributed by atoms with Crippen LogP contribution in [0.3, 0.4) is 0 Å². The molecule has 3 aromatic rings. The van der Waals surface area contributed by atoms with Crippen LogP contribution in [0, 0.1) is 5.41 Å². The third kappa shape index (κ3) is 4.11. The lowest BCUT2D eigenvalue weighted by Crippen LogP contribution is -2.46. The number of amides is 1. The Morgan fingerprint density at radius 1 is 1.14 bits per heavy atom. The first kappa shape index (κ1) is 23.6. The number of hydrogen-bond acceptors (Lipinski definition) is 6. The van der Waals surface area contributed by atoms with Crippen LogP contribution in [0.4, 0.5) is 0 Å². The summed E-state index contributed by atoms with van der Waals surface area (Å²) in [7, 11) is 1.63. The second-order valence-electron chi connectivity index (χ2n) is 11.9. The Labute approximate surface area is 216 Å². The Kier molecular flexibility index (Phi) is 5.48. The van der Waals surface area contributed by atoms with Crippen LogP contribution in [0.25, 0.3) is 10.9 Å². The average Bonchev–Trinajstić information content (AvgIpc) is 3.61. The fourth-order valence-electron chi connectivity index (χ4n) is 5.71. The van der Waals surface area contributed by atoms with E-state index in [0.717, 1.165) is 40.1 Å². The molecule has 7 heteroatoms. The Bertz CT molecular complexity index is 1370. The zero-order chi connectivity index (χ0) is 25.2. The number of carbonyl (C=O) groups is 2. The van der Waals surface area contributed by atoms with E-state index in [1.807, 2.05) is 23.2 Å². The number of pyridine rings is 1. The van der Waals surface area contributed by atoms with Crippen molar-refractivity contribution in [3.63, 3.8) is 0 Å². The number of ether oxygens (including phenoxy) is 1. The number of benzene rings is 1. The van der Waals surface area contributed by atoms with E-state index in [4.69, 9.17) is 9.72 Å². The topological polar surface area (TPSA) is 72.4 Å². The third-order valence-electron chi connectivity index (χ3n) is 8.07. The van der Waals surface area contributed by atoms with Crippen molar-refractivity contribution in [3.8, 4) is 5.75 Å². The van der Waals surface area contributed by atoms with Crippen molar-refractivity contribution in [2.75, 3.05) is 20.2 Å². The molecule has 188 valence electrons. The number of piperidine rings is 1. The van der Waals surface area contributed by atoms with Gasteiger partial charge >= 0.3 is 0 Å². The van der Waals surface area contributed by atoms with Crippen LogP contribution < -0.4 is 4.74 Å². The second-order valence-corrected chi connectivity index (χ2v) is 13.0. The van der Waals surface area contributed by atoms with Crippen LogP contribution in [-0.2, 0) is 11.8 Å². The molecule has 2 aliphatic carbocycles. The number of methoxy groups -OCH3 is 1. The minimum atomic E-state index is -0.0628. The van der Waals surface area contributed by atoms with Crippen molar-refractivity contribution >= 4 is 33.9 Å². The number of hydrogen-bond donors (Lipinski definition) is 0. The largest absolute Gasteiger partial charge is 0.494 e. The molecule has 1 spiro atoms. The lowest BCUT2D eigenvalue weighted by Gasteiger charge is -2.43. The number of nitrogens with zero attached hydrogens (tertiary/aromatic N) is 3. The Morgan fingerprint density at radius 3 is 2.56 bits per heavy atom. The van der Waals surface area contributed by atoms with Crippen molar-refractivity contribution in [3.05, 3.63) is 51.1 Å². The molecule has 1 amide bonds. The normalized spacial score (nSPS) is 19.6. The molecule has 36 heavy (non-hydrogen) atoms. The first-order valence-electron chi connectivity index (χ1n) is 13.0. The Balaban J connectivity index is 1.21. The van der Waals surface area contributed by atoms with Crippen molar-refractivity contribution < 1.29 is 14.3 Å². The highest BCUT2D eigenvalue weighted by Crippen LogP contribution is 2.46. The van der Waals surface area contributed by atoms with E-state index >= 15 is 0 Å². The summed E-state index contributed by atoms with van der Waals surface area (Å²) in [5.41, 5.74) is 3.26. The number of thiazole rings is 1. The predicted molar refractivity (Wildman–Crippen MR) is 141 cm³/mol. The van der Waals surface area contributed by atoms with Gasteiger partial charge in [-0.25, -0.2) is 4.98 Å². The lowest BCUT2D eigenvalue weighted by molar-refractivity contribution is 0.0522. The van der Waals surface area contributed by atoms with Crippen LogP contribution in [-0.4, -0.2) is 46.8 Å². The summed E-state index contributed by atoms with van der Waals surface area (Å²) >= 11 is 1.70. The summed E-state index contributed by atoms with van der Waals surface area (Å²) in [4.78, 5) is 39.0. The second kappa shape index (κ2) is 8.37. The van der Waals surface area contributed by atoms with E-state index < -0.39 is 0 Å². The predicted octanol–water partition coefficient (Wildman–Crippen LogP) is 5.93. The number of ketones is 1. The van der Waals surface area contributed by atoms with Gasteiger partial charge in [-0.05, 0) is 67.2 Å². The fraction of sp³-hybridized carbons (Fsp3) is 0.517. The molecule has 0 radical (unpaired) electrons. The molecule has 1 aliphatic heterocycles. The zero-order valence-corrected chi connectivity index (χ0v) is 22.3. The van der Waals surface area contributed by atoms with Crippen LogP contribution >= 0.6 is 11.3 Å². The van der Waals surface area contributed by atoms with Gasteiger partial charge in [0.2, 0.25) is 0 Å². The standard InChI is InChI=1S/C29H33N3O3S/c1-28(2,3)27-31-25-21(33)14-29(15-23(25)36-27)7-9-32(10-8-29)26(34)19-11-18-12-20(17-5-6-17)16-30-24(18)22(13-19)35-4/h11-13,16-17H,5-10,14-15H2,1-4H3. The molecule has 6 rings (SSSR count). The van der Waals surface area contributed by atoms with Gasteiger partial charge in [-0.1, -0.05) is 20.8 Å². The molecule has 3 aliphatic rings. The fourth-order valence-corrected chi connectivity index (χ4v) is 7.02. The summed E-state index contributed by atoms with van der Waals surface area (Å²) in [5, 5.41) is 2.00. The van der Waals surface area contributed by atoms with Crippen LogP contribution in [0.15, 0.2) is 24.4 Å². The van der Waals surface area contributed by atoms with Crippen molar-refractivity contribution in [2.45, 2.75) is 70.6 Å². The summed E-state index contributed by atoms with van der Waals surface area (Å²) in [6.07, 6.45) is 7.47. The van der Waals surface area contributed by atoms with Crippen LogP contribution in [0.1, 0.15) is 95.1 Å². The van der Waals surface area contributed by atoms with Crippen molar-refractivity contribution in [2.24, 2.45) is 5.41 Å². The molecule has 1 saturated carbocycles. The van der Waals surface area contributed by atoms with Gasteiger partial charge in [0.15, 0.2) is 5.78 Å². The smallest absolute Gasteiger partial charge is 0.254 e. The number of Topliss-reactive ketones (excluding diaryl/α,β-unsaturated/α-hetero) is 1. The van der Waals surface area contributed by atoms with Crippen LogP contribution in [0.5, 0.6) is 5.75 Å². The lowest BCUT2D eigenvalue weighted by atomic mass is 9.68. The number of rotatable bonds is 3. The monoisotopic (exact) mass is 503 g/mol. The molecule has 0 atom stereocenters. The summed E-state index contributed by atoms with van der Waals surface area (Å²) in [6.45, 7) is 7.75. The molecule has 0 bridgehead atoms. The Hall–Kier alpha value is -2.80. The van der Waals surface area contributed by atoms with Gasteiger partial charge in [0.05, 0.1) is 12.1 Å². The molecule has 0 N–H and O–H groups in total. The van der Waals surface area contributed by atoms with E-state index in [9.17, 15) is 9.59 Å². The highest BCUT2D eigenvalue weighted by atomic mass is 32.1. The molecule has 1 aromatic carbocycles. The number of likely N-dealkylation sites (tertiary alicyclic amines) is 1. The maximum Gasteiger partial charge on any atom is 0.254 e. The highest BCUT2D eigenvalue weighted by molar-refractivity contribution is 7.12. The number of carbonyl (C=O) groups excluding carboxylic acids is 2. The van der Waals surface area contributed by atoms with E-state index in [-0.39, 0.29) is 22.5 Å². The molecular weight excluding hydrogens is 470 g/mol. The van der Waals surface area contributed by atoms with E-state index in [2.05, 4.69) is 31.8 Å². The van der Waals surface area contributed by atoms with E-state index in [0.29, 0.717) is 42.4 Å². The third-order valence-corrected chi connectivity index (χ3v) is 9.55. The van der Waals surface area contributed by atoms with Crippen molar-refractivity contribution in [1.29, 1.82) is 0 Å². The van der Waals surface area contributed by atoms with Gasteiger partial charge in [0.1, 0.15) is 17.0 Å². The van der Waals surface area contributed by atoms with Gasteiger partial charge < -0.3 is 9.64 Å². The van der Waals surface area contributed by atoms with E-state index in [1.165, 1.54) is 18.4 Å². The number of aromatic nitrogens is 2. The molecule has 6 nitrogen and oxygen atoms in total. The SMILES string of the molecule is COc1cc(C(=O)N2CCC3(CC2)CC(=O)c2nc(C(C)(C)C)sc2C3)cc2cc(C3CC3)cnc12. The highest BCUT2D eigenvalue weighted by Gasteiger charge is 2.44. The first-order valence-corrected chi connectivity index (χ1v) is 13.8. The Morgan fingerprint density at radius 2 is 1.89 bits per heavy atom.